The van der Waals surface area contributed by atoms with Crippen LogP contribution in [0.4, 0.5) is 5.69 Å². The van der Waals surface area contributed by atoms with Gasteiger partial charge in [-0.25, -0.2) is 13.6 Å². The Balaban J connectivity index is 1.91. The van der Waals surface area contributed by atoms with Crippen molar-refractivity contribution >= 4 is 45.5 Å². The van der Waals surface area contributed by atoms with E-state index in [9.17, 15) is 13.5 Å². The van der Waals surface area contributed by atoms with Gasteiger partial charge in [0.1, 0.15) is 4.88 Å². The average molecular weight is 406 g/mol. The number of sulfonamides is 1. The predicted octanol–water partition coefficient (Wildman–Crippen LogP) is 3.68. The maximum absolute atomic E-state index is 11.3. The molecule has 0 spiro atoms. The van der Waals surface area contributed by atoms with Crippen LogP contribution >= 0.6 is 23.6 Å². The lowest BCUT2D eigenvalue weighted by Crippen LogP contribution is -2.11. The number of aromatic hydroxyl groups is 1. The molecule has 3 rings (SSSR count). The first-order valence-corrected chi connectivity index (χ1v) is 10.2. The van der Waals surface area contributed by atoms with Crippen LogP contribution in [-0.2, 0) is 10.0 Å². The molecule has 0 aliphatic carbocycles. The molecule has 3 N–H and O–H groups in total. The highest BCUT2D eigenvalue weighted by molar-refractivity contribution is 7.89. The summed E-state index contributed by atoms with van der Waals surface area (Å²) >= 11 is 6.57. The maximum Gasteiger partial charge on any atom is 0.238 e. The Kier molecular flexibility index (Phi) is 5.05. The molecule has 1 heterocycles. The number of hydrogen-bond donors (Lipinski definition) is 2. The van der Waals surface area contributed by atoms with Crippen molar-refractivity contribution in [2.24, 2.45) is 10.1 Å². The number of hydrogen-bond acceptors (Lipinski definition) is 6. The number of nitrogens with two attached hydrogens (primary N) is 1. The van der Waals surface area contributed by atoms with Gasteiger partial charge < -0.3 is 5.11 Å². The van der Waals surface area contributed by atoms with Crippen LogP contribution in [0.3, 0.4) is 0 Å². The van der Waals surface area contributed by atoms with Gasteiger partial charge in [-0.2, -0.15) is 0 Å². The van der Waals surface area contributed by atoms with E-state index in [0.29, 0.717) is 14.5 Å². The van der Waals surface area contributed by atoms with Gasteiger partial charge in [-0.05, 0) is 55.5 Å². The van der Waals surface area contributed by atoms with Crippen molar-refractivity contribution in [2.75, 3.05) is 0 Å². The van der Waals surface area contributed by atoms with Gasteiger partial charge in [0.15, 0.2) is 3.95 Å². The number of aromatic nitrogens is 1. The van der Waals surface area contributed by atoms with Crippen LogP contribution in [0.15, 0.2) is 58.4 Å². The molecule has 0 fully saturated rings. The summed E-state index contributed by atoms with van der Waals surface area (Å²) in [5, 5.41) is 15.5. The van der Waals surface area contributed by atoms with E-state index >= 15 is 0 Å². The van der Waals surface area contributed by atoms with Gasteiger partial charge in [0.25, 0.3) is 0 Å². The number of nitrogens with zero attached hydrogens (tertiary/aromatic N) is 2. The van der Waals surface area contributed by atoms with Gasteiger partial charge in [-0.3, -0.25) is 9.56 Å². The zero-order valence-corrected chi connectivity index (χ0v) is 16.1. The van der Waals surface area contributed by atoms with Crippen molar-refractivity contribution in [1.29, 1.82) is 0 Å². The minimum atomic E-state index is -3.74. The van der Waals surface area contributed by atoms with E-state index in [-0.39, 0.29) is 10.8 Å². The van der Waals surface area contributed by atoms with Gasteiger partial charge in [0, 0.05) is 0 Å². The predicted molar refractivity (Wildman–Crippen MR) is 106 cm³/mol. The van der Waals surface area contributed by atoms with Crippen molar-refractivity contribution in [3.05, 3.63) is 62.9 Å². The molecule has 0 amide bonds. The lowest BCUT2D eigenvalue weighted by molar-refractivity contribution is 0.441. The molecule has 0 aliphatic rings. The topological polar surface area (TPSA) is 97.7 Å². The minimum Gasteiger partial charge on any atom is -0.493 e. The number of aryl methyl sites for hydroxylation is 1. The largest absolute Gasteiger partial charge is 0.493 e. The molecule has 0 aliphatic heterocycles. The lowest BCUT2D eigenvalue weighted by atomic mass is 10.2. The van der Waals surface area contributed by atoms with E-state index in [2.05, 4.69) is 4.99 Å². The second-order valence-corrected chi connectivity index (χ2v) is 8.76. The molecule has 134 valence electrons. The number of thiazole rings is 1. The Morgan fingerprint density at radius 1 is 1.15 bits per heavy atom. The highest BCUT2D eigenvalue weighted by Crippen LogP contribution is 2.29. The first-order chi connectivity index (χ1) is 12.3. The third-order valence-corrected chi connectivity index (χ3v) is 5.83. The van der Waals surface area contributed by atoms with Crippen molar-refractivity contribution < 1.29 is 13.5 Å². The molecule has 9 heteroatoms. The number of primary sulfonamides is 1. The summed E-state index contributed by atoms with van der Waals surface area (Å²) in [6.45, 7) is 1.98. The SMILES string of the molecule is Cc1ccc(-n2c(O)c(C=Nc3ccc(S(N)(=O)=O)cc3)sc2=S)cc1. The number of aliphatic imine (C=N–C) groups is 1. The van der Waals surface area contributed by atoms with Crippen LogP contribution in [0.5, 0.6) is 5.88 Å². The van der Waals surface area contributed by atoms with Gasteiger partial charge in [-0.1, -0.05) is 29.0 Å². The second kappa shape index (κ2) is 7.12. The van der Waals surface area contributed by atoms with Crippen molar-refractivity contribution in [1.82, 2.24) is 4.57 Å². The van der Waals surface area contributed by atoms with E-state index < -0.39 is 10.0 Å². The van der Waals surface area contributed by atoms with Gasteiger partial charge in [0.2, 0.25) is 15.9 Å². The zero-order valence-electron chi connectivity index (χ0n) is 13.7. The summed E-state index contributed by atoms with van der Waals surface area (Å²) in [6.07, 6.45) is 1.49. The molecule has 1 aromatic heterocycles. The Labute approximate surface area is 159 Å². The summed E-state index contributed by atoms with van der Waals surface area (Å²) in [6, 6.07) is 13.5. The Bertz CT molecular complexity index is 1130. The Morgan fingerprint density at radius 3 is 2.35 bits per heavy atom. The summed E-state index contributed by atoms with van der Waals surface area (Å²) in [4.78, 5) is 4.77. The normalized spacial score (nSPS) is 11.9. The van der Waals surface area contributed by atoms with E-state index in [1.807, 2.05) is 31.2 Å². The summed E-state index contributed by atoms with van der Waals surface area (Å²) in [5.41, 5.74) is 2.41. The van der Waals surface area contributed by atoms with Crippen molar-refractivity contribution in [3.8, 4) is 11.6 Å². The van der Waals surface area contributed by atoms with Crippen LogP contribution in [-0.4, -0.2) is 24.3 Å². The van der Waals surface area contributed by atoms with Crippen LogP contribution in [0.1, 0.15) is 10.4 Å². The first kappa shape index (κ1) is 18.5. The third-order valence-electron chi connectivity index (χ3n) is 3.60. The maximum atomic E-state index is 11.3. The molecule has 0 radical (unpaired) electrons. The monoisotopic (exact) mass is 405 g/mol. The fourth-order valence-electron chi connectivity index (χ4n) is 2.24. The van der Waals surface area contributed by atoms with Crippen LogP contribution in [0.2, 0.25) is 0 Å². The number of rotatable bonds is 4. The quantitative estimate of drug-likeness (QED) is 0.511. The van der Waals surface area contributed by atoms with Crippen molar-refractivity contribution in [2.45, 2.75) is 11.8 Å². The van der Waals surface area contributed by atoms with E-state index in [4.69, 9.17) is 17.4 Å². The van der Waals surface area contributed by atoms with Crippen molar-refractivity contribution in [3.63, 3.8) is 0 Å². The summed E-state index contributed by atoms with van der Waals surface area (Å²) in [5.74, 6) is 0.00811. The van der Waals surface area contributed by atoms with Gasteiger partial charge in [-0.15, -0.1) is 0 Å². The van der Waals surface area contributed by atoms with E-state index in [0.717, 1.165) is 11.3 Å². The molecule has 6 nitrogen and oxygen atoms in total. The third kappa shape index (κ3) is 3.91. The average Bonchev–Trinajstić information content (AvgIpc) is 2.87. The smallest absolute Gasteiger partial charge is 0.238 e. The lowest BCUT2D eigenvalue weighted by Gasteiger charge is -2.04. The fourth-order valence-corrected chi connectivity index (χ4v) is 3.98. The van der Waals surface area contributed by atoms with Crippen LogP contribution in [0.25, 0.3) is 5.69 Å². The zero-order chi connectivity index (χ0) is 18.9. The molecule has 0 saturated carbocycles. The summed E-state index contributed by atoms with van der Waals surface area (Å²) in [7, 11) is -3.74. The molecular weight excluding hydrogens is 390 g/mol. The molecule has 0 unspecified atom stereocenters. The fraction of sp³-hybridized carbons (Fsp3) is 0.0588. The highest BCUT2D eigenvalue weighted by atomic mass is 32.2. The van der Waals surface area contributed by atoms with E-state index in [1.54, 1.807) is 4.57 Å². The Morgan fingerprint density at radius 2 is 1.77 bits per heavy atom. The molecule has 0 atom stereocenters. The second-order valence-electron chi connectivity index (χ2n) is 5.52. The minimum absolute atomic E-state index is 0.00811. The van der Waals surface area contributed by atoms with Gasteiger partial charge >= 0.3 is 0 Å². The number of benzene rings is 2. The van der Waals surface area contributed by atoms with Crippen LogP contribution < -0.4 is 5.14 Å². The molecule has 0 saturated heterocycles. The molecule has 2 aromatic carbocycles. The Hall–Kier alpha value is -2.33. The first-order valence-electron chi connectivity index (χ1n) is 7.44. The van der Waals surface area contributed by atoms with Crippen LogP contribution in [0, 0.1) is 10.9 Å². The molecule has 3 aromatic rings. The highest BCUT2D eigenvalue weighted by Gasteiger charge is 2.12. The summed E-state index contributed by atoms with van der Waals surface area (Å²) < 4.78 is 24.6. The standard InChI is InChI=1S/C17H15N3O3S3/c1-11-2-6-13(7-3-11)20-16(21)15(25-17(20)24)10-19-12-4-8-14(9-5-12)26(18,22)23/h2-10,21H,1H3,(H2,18,22,23). The van der Waals surface area contributed by atoms with Gasteiger partial charge in [0.05, 0.1) is 22.5 Å². The molecule has 26 heavy (non-hydrogen) atoms. The van der Waals surface area contributed by atoms with E-state index in [1.165, 1.54) is 41.8 Å². The molecule has 0 bridgehead atoms. The molecular formula is C17H15N3O3S3.